The van der Waals surface area contributed by atoms with Crippen LogP contribution in [0.1, 0.15) is 33.6 Å². The van der Waals surface area contributed by atoms with Crippen molar-refractivity contribution in [2.75, 3.05) is 13.2 Å². The Bertz CT molecular complexity index is 563. The summed E-state index contributed by atoms with van der Waals surface area (Å²) in [5, 5.41) is 3.25. The zero-order chi connectivity index (χ0) is 15.5. The van der Waals surface area contributed by atoms with E-state index in [-0.39, 0.29) is 10.4 Å². The van der Waals surface area contributed by atoms with Gasteiger partial charge in [0.25, 0.3) is 0 Å². The molecule has 6 heteroatoms. The molecule has 0 aromatic heterocycles. The lowest BCUT2D eigenvalue weighted by molar-refractivity contribution is 0.308. The molecule has 0 unspecified atom stereocenters. The average molecular weight is 312 g/mol. The van der Waals surface area contributed by atoms with Crippen LogP contribution in [0, 0.1) is 0 Å². The summed E-state index contributed by atoms with van der Waals surface area (Å²) in [6, 6.07) is 6.98. The van der Waals surface area contributed by atoms with Crippen LogP contribution >= 0.6 is 0 Å². The summed E-state index contributed by atoms with van der Waals surface area (Å²) in [5.74, 6) is 0.678. The van der Waals surface area contributed by atoms with Crippen molar-refractivity contribution in [3.8, 4) is 5.75 Å². The van der Waals surface area contributed by atoms with Crippen molar-refractivity contribution < 1.29 is 13.2 Å². The second kappa shape index (κ2) is 6.34. The molecule has 1 aliphatic carbocycles. The van der Waals surface area contributed by atoms with E-state index in [1.165, 1.54) is 0 Å². The Labute approximate surface area is 127 Å². The third kappa shape index (κ3) is 4.98. The van der Waals surface area contributed by atoms with E-state index in [1.54, 1.807) is 24.3 Å². The molecule has 118 valence electrons. The Kier molecular flexibility index (Phi) is 4.91. The minimum Gasteiger partial charge on any atom is -0.492 e. The second-order valence-corrected chi connectivity index (χ2v) is 7.78. The van der Waals surface area contributed by atoms with Gasteiger partial charge in [-0.15, -0.1) is 0 Å². The molecular weight excluding hydrogens is 288 g/mol. The van der Waals surface area contributed by atoms with Crippen LogP contribution in [-0.4, -0.2) is 33.2 Å². The molecule has 0 radical (unpaired) electrons. The molecule has 0 bridgehead atoms. The summed E-state index contributed by atoms with van der Waals surface area (Å²) in [6.07, 6.45) is 1.80. The van der Waals surface area contributed by atoms with Crippen molar-refractivity contribution >= 4 is 10.0 Å². The van der Waals surface area contributed by atoms with E-state index in [1.807, 2.05) is 6.92 Å². The van der Waals surface area contributed by atoms with E-state index in [4.69, 9.17) is 4.74 Å². The van der Waals surface area contributed by atoms with Crippen LogP contribution < -0.4 is 14.8 Å². The van der Waals surface area contributed by atoms with E-state index in [0.29, 0.717) is 18.4 Å². The van der Waals surface area contributed by atoms with E-state index in [2.05, 4.69) is 23.9 Å². The largest absolute Gasteiger partial charge is 0.492 e. The zero-order valence-corrected chi connectivity index (χ0v) is 13.7. The quantitative estimate of drug-likeness (QED) is 0.719. The summed E-state index contributed by atoms with van der Waals surface area (Å²) in [6.45, 7) is 7.39. The maximum atomic E-state index is 12.2. The Morgan fingerprint density at radius 2 is 1.86 bits per heavy atom. The SMILES string of the molecule is CC(C)NCCOc1ccc(S(=O)(=O)NC2(C)CC2)cc1. The number of nitrogens with one attached hydrogen (secondary N) is 2. The fourth-order valence-electron chi connectivity index (χ4n) is 1.90. The maximum absolute atomic E-state index is 12.2. The first-order valence-electron chi connectivity index (χ1n) is 7.31. The number of hydrogen-bond acceptors (Lipinski definition) is 4. The highest BCUT2D eigenvalue weighted by molar-refractivity contribution is 7.89. The highest BCUT2D eigenvalue weighted by atomic mass is 32.2. The molecule has 0 aliphatic heterocycles. The molecule has 0 spiro atoms. The first-order chi connectivity index (χ1) is 9.81. The molecule has 2 rings (SSSR count). The van der Waals surface area contributed by atoms with Crippen LogP contribution in [0.4, 0.5) is 0 Å². The van der Waals surface area contributed by atoms with Crippen molar-refractivity contribution in [3.05, 3.63) is 24.3 Å². The van der Waals surface area contributed by atoms with Crippen LogP contribution in [0.2, 0.25) is 0 Å². The lowest BCUT2D eigenvalue weighted by atomic mass is 10.3. The van der Waals surface area contributed by atoms with Crippen molar-refractivity contribution in [3.63, 3.8) is 0 Å². The number of hydrogen-bond donors (Lipinski definition) is 2. The molecule has 2 N–H and O–H groups in total. The van der Waals surface area contributed by atoms with Gasteiger partial charge >= 0.3 is 0 Å². The van der Waals surface area contributed by atoms with Crippen LogP contribution in [0.25, 0.3) is 0 Å². The maximum Gasteiger partial charge on any atom is 0.241 e. The highest BCUT2D eigenvalue weighted by Gasteiger charge is 2.41. The fraction of sp³-hybridized carbons (Fsp3) is 0.600. The monoisotopic (exact) mass is 312 g/mol. The molecular formula is C15H24N2O3S. The Hall–Kier alpha value is -1.11. The Morgan fingerprint density at radius 1 is 1.24 bits per heavy atom. The fourth-order valence-corrected chi connectivity index (χ4v) is 3.37. The van der Waals surface area contributed by atoms with Crippen LogP contribution in [0.3, 0.4) is 0 Å². The van der Waals surface area contributed by atoms with Gasteiger partial charge in [0, 0.05) is 18.1 Å². The molecule has 1 aliphatic rings. The number of ether oxygens (including phenoxy) is 1. The highest BCUT2D eigenvalue weighted by Crippen LogP contribution is 2.36. The van der Waals surface area contributed by atoms with E-state index < -0.39 is 10.0 Å². The summed E-state index contributed by atoms with van der Waals surface area (Å²) < 4.78 is 32.6. The third-order valence-electron chi connectivity index (χ3n) is 3.44. The van der Waals surface area contributed by atoms with Crippen molar-refractivity contribution in [1.29, 1.82) is 0 Å². The summed E-state index contributed by atoms with van der Waals surface area (Å²) in [4.78, 5) is 0.281. The molecule has 1 aromatic carbocycles. The Balaban J connectivity index is 1.89. The molecule has 21 heavy (non-hydrogen) atoms. The number of sulfonamides is 1. The lowest BCUT2D eigenvalue weighted by Gasteiger charge is -2.13. The molecule has 5 nitrogen and oxygen atoms in total. The molecule has 0 atom stereocenters. The predicted molar refractivity (Wildman–Crippen MR) is 83.0 cm³/mol. The van der Waals surface area contributed by atoms with Gasteiger partial charge in [-0.05, 0) is 44.0 Å². The van der Waals surface area contributed by atoms with E-state index in [9.17, 15) is 8.42 Å². The van der Waals surface area contributed by atoms with E-state index in [0.717, 1.165) is 19.4 Å². The van der Waals surface area contributed by atoms with Gasteiger partial charge in [0.1, 0.15) is 12.4 Å². The minimum atomic E-state index is -3.43. The van der Waals surface area contributed by atoms with Crippen LogP contribution in [-0.2, 0) is 10.0 Å². The Morgan fingerprint density at radius 3 is 2.38 bits per heavy atom. The topological polar surface area (TPSA) is 67.4 Å². The first-order valence-corrected chi connectivity index (χ1v) is 8.79. The normalized spacial score (nSPS) is 17.0. The lowest BCUT2D eigenvalue weighted by Crippen LogP contribution is -2.34. The third-order valence-corrected chi connectivity index (χ3v) is 5.09. The minimum absolute atomic E-state index is 0.253. The zero-order valence-electron chi connectivity index (χ0n) is 12.8. The predicted octanol–water partition coefficient (Wildman–Crippen LogP) is 1.89. The number of benzene rings is 1. The molecule has 0 amide bonds. The van der Waals surface area contributed by atoms with Gasteiger partial charge in [0.15, 0.2) is 0 Å². The van der Waals surface area contributed by atoms with Crippen molar-refractivity contribution in [2.24, 2.45) is 0 Å². The van der Waals surface area contributed by atoms with Gasteiger partial charge in [-0.2, -0.15) is 0 Å². The van der Waals surface area contributed by atoms with E-state index >= 15 is 0 Å². The van der Waals surface area contributed by atoms with Gasteiger partial charge < -0.3 is 10.1 Å². The molecule has 0 heterocycles. The summed E-state index contributed by atoms with van der Waals surface area (Å²) in [7, 11) is -3.43. The average Bonchev–Trinajstić information content (AvgIpc) is 3.11. The van der Waals surface area contributed by atoms with Crippen molar-refractivity contribution in [1.82, 2.24) is 10.0 Å². The molecule has 1 fully saturated rings. The van der Waals surface area contributed by atoms with Gasteiger partial charge in [0.05, 0.1) is 4.90 Å². The standard InChI is InChI=1S/C15H24N2O3S/c1-12(2)16-10-11-20-13-4-6-14(7-5-13)21(18,19)17-15(3)8-9-15/h4-7,12,16-17H,8-11H2,1-3H3. The number of rotatable bonds is 8. The molecule has 1 saturated carbocycles. The van der Waals surface area contributed by atoms with Gasteiger partial charge in [-0.1, -0.05) is 13.8 Å². The second-order valence-electron chi connectivity index (χ2n) is 6.09. The van der Waals surface area contributed by atoms with Gasteiger partial charge in [0.2, 0.25) is 10.0 Å². The molecule has 0 saturated heterocycles. The summed E-state index contributed by atoms with van der Waals surface area (Å²) in [5.41, 5.74) is -0.253. The van der Waals surface area contributed by atoms with Crippen LogP contribution in [0.15, 0.2) is 29.2 Å². The summed E-state index contributed by atoms with van der Waals surface area (Å²) >= 11 is 0. The van der Waals surface area contributed by atoms with Gasteiger partial charge in [-0.3, -0.25) is 0 Å². The van der Waals surface area contributed by atoms with Gasteiger partial charge in [-0.25, -0.2) is 13.1 Å². The van der Waals surface area contributed by atoms with Crippen molar-refractivity contribution in [2.45, 2.75) is 50.1 Å². The smallest absolute Gasteiger partial charge is 0.241 e. The van der Waals surface area contributed by atoms with Crippen LogP contribution in [0.5, 0.6) is 5.75 Å². The first kappa shape index (κ1) is 16.3. The molecule has 1 aromatic rings.